The first-order valence-corrected chi connectivity index (χ1v) is 7.71. The summed E-state index contributed by atoms with van der Waals surface area (Å²) in [5.74, 6) is -0.0910. The average molecular weight is 286 g/mol. The average Bonchev–Trinajstić information content (AvgIpc) is 2.45. The molecular formula is C15H30N2O3. The summed E-state index contributed by atoms with van der Waals surface area (Å²) in [6.07, 6.45) is 3.87. The van der Waals surface area contributed by atoms with Gasteiger partial charge in [-0.25, -0.2) is 0 Å². The molecule has 20 heavy (non-hydrogen) atoms. The molecule has 118 valence electrons. The van der Waals surface area contributed by atoms with Crippen molar-refractivity contribution < 1.29 is 14.3 Å². The molecule has 1 rings (SSSR count). The number of rotatable bonds is 8. The molecule has 1 fully saturated rings. The lowest BCUT2D eigenvalue weighted by Crippen LogP contribution is -2.58. The number of likely N-dealkylation sites (N-methyl/N-ethyl adjacent to an activating group) is 2. The highest BCUT2D eigenvalue weighted by Crippen LogP contribution is 2.32. The summed E-state index contributed by atoms with van der Waals surface area (Å²) in [6.45, 7) is 6.75. The van der Waals surface area contributed by atoms with Crippen molar-refractivity contribution >= 4 is 5.97 Å². The minimum Gasteiger partial charge on any atom is -0.465 e. The van der Waals surface area contributed by atoms with E-state index < -0.39 is 5.54 Å². The zero-order chi connectivity index (χ0) is 15.0. The van der Waals surface area contributed by atoms with E-state index in [1.807, 2.05) is 13.8 Å². The van der Waals surface area contributed by atoms with Gasteiger partial charge in [-0.3, -0.25) is 4.79 Å². The number of nitrogens with zero attached hydrogens (tertiary/aromatic N) is 1. The zero-order valence-corrected chi connectivity index (χ0v) is 13.4. The van der Waals surface area contributed by atoms with Gasteiger partial charge in [0.15, 0.2) is 0 Å². The summed E-state index contributed by atoms with van der Waals surface area (Å²) in [7, 11) is 3.83. The number of carbonyl (C=O) groups is 1. The summed E-state index contributed by atoms with van der Waals surface area (Å²) < 4.78 is 10.4. The third-order valence-electron chi connectivity index (χ3n) is 4.18. The number of esters is 1. The summed E-state index contributed by atoms with van der Waals surface area (Å²) in [6, 6.07) is 0.405. The molecule has 5 nitrogen and oxygen atoms in total. The van der Waals surface area contributed by atoms with Crippen molar-refractivity contribution in [2.24, 2.45) is 0 Å². The fraction of sp³-hybridized carbons (Fsp3) is 0.933. The van der Waals surface area contributed by atoms with Crippen molar-refractivity contribution in [1.82, 2.24) is 10.2 Å². The van der Waals surface area contributed by atoms with E-state index in [0.717, 1.165) is 45.4 Å². The van der Waals surface area contributed by atoms with Crippen LogP contribution in [-0.2, 0) is 14.3 Å². The number of hydrogen-bond donors (Lipinski definition) is 1. The van der Waals surface area contributed by atoms with Crippen molar-refractivity contribution in [3.63, 3.8) is 0 Å². The Morgan fingerprint density at radius 2 is 2.20 bits per heavy atom. The topological polar surface area (TPSA) is 50.8 Å². The number of ether oxygens (including phenoxy) is 2. The van der Waals surface area contributed by atoms with Crippen LogP contribution in [0.1, 0.15) is 39.5 Å². The van der Waals surface area contributed by atoms with Crippen molar-refractivity contribution in [1.29, 1.82) is 0 Å². The van der Waals surface area contributed by atoms with Crippen molar-refractivity contribution in [3.05, 3.63) is 0 Å². The predicted molar refractivity (Wildman–Crippen MR) is 79.8 cm³/mol. The molecule has 0 aromatic rings. The molecule has 2 unspecified atom stereocenters. The highest BCUT2D eigenvalue weighted by molar-refractivity contribution is 5.81. The maximum Gasteiger partial charge on any atom is 0.326 e. The fourth-order valence-corrected chi connectivity index (χ4v) is 3.07. The Morgan fingerprint density at radius 1 is 1.45 bits per heavy atom. The van der Waals surface area contributed by atoms with E-state index in [9.17, 15) is 4.79 Å². The maximum atomic E-state index is 12.4. The molecule has 1 N–H and O–H groups in total. The monoisotopic (exact) mass is 286 g/mol. The van der Waals surface area contributed by atoms with Gasteiger partial charge >= 0.3 is 5.97 Å². The van der Waals surface area contributed by atoms with E-state index in [4.69, 9.17) is 9.47 Å². The van der Waals surface area contributed by atoms with Crippen molar-refractivity contribution in [3.8, 4) is 0 Å². The normalized spacial score (nSPS) is 26.8. The van der Waals surface area contributed by atoms with Gasteiger partial charge in [0.05, 0.1) is 13.2 Å². The Balaban J connectivity index is 2.72. The molecule has 0 aromatic heterocycles. The Labute approximate surface area is 123 Å². The van der Waals surface area contributed by atoms with Crippen LogP contribution in [0.4, 0.5) is 0 Å². The standard InChI is InChI=1S/C15H30N2O3/c1-5-16-15(14(18)20-6-2)9-7-8-13(12-15)17(3)10-11-19-4/h13,16H,5-12H2,1-4H3. The van der Waals surface area contributed by atoms with Gasteiger partial charge in [-0.1, -0.05) is 6.92 Å². The van der Waals surface area contributed by atoms with Crippen LogP contribution in [0.5, 0.6) is 0 Å². The van der Waals surface area contributed by atoms with E-state index in [1.165, 1.54) is 0 Å². The van der Waals surface area contributed by atoms with E-state index >= 15 is 0 Å². The van der Waals surface area contributed by atoms with Gasteiger partial charge in [-0.2, -0.15) is 0 Å². The summed E-state index contributed by atoms with van der Waals surface area (Å²) in [4.78, 5) is 14.7. The third-order valence-corrected chi connectivity index (χ3v) is 4.18. The lowest BCUT2D eigenvalue weighted by atomic mass is 9.78. The molecule has 0 heterocycles. The summed E-state index contributed by atoms with van der Waals surface area (Å²) >= 11 is 0. The Hall–Kier alpha value is -0.650. The number of nitrogens with one attached hydrogen (secondary N) is 1. The molecule has 0 bridgehead atoms. The van der Waals surface area contributed by atoms with Crippen LogP contribution >= 0.6 is 0 Å². The predicted octanol–water partition coefficient (Wildman–Crippen LogP) is 1.42. The smallest absolute Gasteiger partial charge is 0.326 e. The zero-order valence-electron chi connectivity index (χ0n) is 13.4. The first-order chi connectivity index (χ1) is 9.59. The molecule has 0 spiro atoms. The largest absolute Gasteiger partial charge is 0.465 e. The van der Waals surface area contributed by atoms with Gasteiger partial charge < -0.3 is 19.7 Å². The Morgan fingerprint density at radius 3 is 2.80 bits per heavy atom. The maximum absolute atomic E-state index is 12.4. The second-order valence-electron chi connectivity index (χ2n) is 5.56. The van der Waals surface area contributed by atoms with Crippen LogP contribution in [0.3, 0.4) is 0 Å². The van der Waals surface area contributed by atoms with Crippen LogP contribution in [0.25, 0.3) is 0 Å². The number of carbonyl (C=O) groups excluding carboxylic acids is 1. The summed E-state index contributed by atoms with van der Waals surface area (Å²) in [5, 5.41) is 3.39. The Kier molecular flexibility index (Phi) is 7.48. The molecule has 5 heteroatoms. The summed E-state index contributed by atoms with van der Waals surface area (Å²) in [5.41, 5.74) is -0.505. The van der Waals surface area contributed by atoms with Gasteiger partial charge in [0, 0.05) is 19.7 Å². The van der Waals surface area contributed by atoms with Gasteiger partial charge in [0.1, 0.15) is 5.54 Å². The van der Waals surface area contributed by atoms with Crippen molar-refractivity contribution in [2.75, 3.05) is 40.5 Å². The van der Waals surface area contributed by atoms with E-state index in [-0.39, 0.29) is 5.97 Å². The number of hydrogen-bond acceptors (Lipinski definition) is 5. The van der Waals surface area contributed by atoms with E-state index in [2.05, 4.69) is 17.3 Å². The SMILES string of the molecule is CCNC1(C(=O)OCC)CCCC(N(C)CCOC)C1. The number of methoxy groups -OCH3 is 1. The molecule has 0 aromatic carbocycles. The fourth-order valence-electron chi connectivity index (χ4n) is 3.07. The molecule has 2 atom stereocenters. The quantitative estimate of drug-likeness (QED) is 0.684. The molecule has 0 saturated heterocycles. The lowest BCUT2D eigenvalue weighted by Gasteiger charge is -2.42. The minimum atomic E-state index is -0.505. The molecular weight excluding hydrogens is 256 g/mol. The first kappa shape index (κ1) is 17.4. The van der Waals surface area contributed by atoms with Crippen LogP contribution in [0.15, 0.2) is 0 Å². The van der Waals surface area contributed by atoms with Crippen LogP contribution in [0.2, 0.25) is 0 Å². The van der Waals surface area contributed by atoms with Gasteiger partial charge in [0.2, 0.25) is 0 Å². The molecule has 0 aliphatic heterocycles. The third kappa shape index (κ3) is 4.43. The van der Waals surface area contributed by atoms with Crippen molar-refractivity contribution in [2.45, 2.75) is 51.1 Å². The second-order valence-corrected chi connectivity index (χ2v) is 5.56. The first-order valence-electron chi connectivity index (χ1n) is 7.71. The van der Waals surface area contributed by atoms with Crippen LogP contribution in [-0.4, -0.2) is 62.9 Å². The molecule has 1 saturated carbocycles. The minimum absolute atomic E-state index is 0.0910. The van der Waals surface area contributed by atoms with Gasteiger partial charge in [-0.05, 0) is 46.2 Å². The Bertz CT molecular complexity index is 295. The van der Waals surface area contributed by atoms with Crippen LogP contribution < -0.4 is 5.32 Å². The van der Waals surface area contributed by atoms with Gasteiger partial charge in [-0.15, -0.1) is 0 Å². The van der Waals surface area contributed by atoms with Gasteiger partial charge in [0.25, 0.3) is 0 Å². The van der Waals surface area contributed by atoms with E-state index in [0.29, 0.717) is 12.6 Å². The second kappa shape index (κ2) is 8.60. The molecule has 0 amide bonds. The van der Waals surface area contributed by atoms with E-state index in [1.54, 1.807) is 7.11 Å². The van der Waals surface area contributed by atoms with Crippen LogP contribution in [0, 0.1) is 0 Å². The molecule has 1 aliphatic carbocycles. The highest BCUT2D eigenvalue weighted by atomic mass is 16.5. The highest BCUT2D eigenvalue weighted by Gasteiger charge is 2.44. The molecule has 0 radical (unpaired) electrons. The molecule has 1 aliphatic rings. The lowest BCUT2D eigenvalue weighted by molar-refractivity contribution is -0.153.